The number of hydrogen-bond donors (Lipinski definition) is 3. The van der Waals surface area contributed by atoms with Crippen molar-refractivity contribution in [3.63, 3.8) is 0 Å². The first kappa shape index (κ1) is 26.8. The van der Waals surface area contributed by atoms with Crippen LogP contribution in [0.3, 0.4) is 0 Å². The first-order valence-corrected chi connectivity index (χ1v) is 13.3. The van der Waals surface area contributed by atoms with Crippen molar-refractivity contribution in [2.45, 2.75) is 69.9 Å². The minimum Gasteiger partial charge on any atom is -0.481 e. The number of nitriles is 1. The van der Waals surface area contributed by atoms with Crippen LogP contribution < -0.4 is 10.6 Å². The van der Waals surface area contributed by atoms with E-state index >= 15 is 0 Å². The summed E-state index contributed by atoms with van der Waals surface area (Å²) in [4.78, 5) is 37.5. The summed E-state index contributed by atoms with van der Waals surface area (Å²) in [6.07, 6.45) is 2.51. The Morgan fingerprint density at radius 1 is 1.26 bits per heavy atom. The highest BCUT2D eigenvalue weighted by atomic mass is 32.2. The molecule has 1 aliphatic rings. The van der Waals surface area contributed by atoms with Gasteiger partial charge in [-0.1, -0.05) is 26.8 Å². The first-order valence-electron chi connectivity index (χ1n) is 11.6. The Morgan fingerprint density at radius 3 is 2.66 bits per heavy atom. The Bertz CT molecular complexity index is 1160. The quantitative estimate of drug-likeness (QED) is 0.390. The lowest BCUT2D eigenvalue weighted by molar-refractivity contribution is -0.138. The lowest BCUT2D eigenvalue weighted by Crippen LogP contribution is -2.26. The number of rotatable bonds is 8. The van der Waals surface area contributed by atoms with Crippen molar-refractivity contribution in [2.75, 3.05) is 10.6 Å². The third-order valence-corrected chi connectivity index (χ3v) is 8.47. The molecule has 0 bridgehead atoms. The van der Waals surface area contributed by atoms with Crippen LogP contribution in [-0.4, -0.2) is 28.1 Å². The molecule has 2 amide bonds. The van der Waals surface area contributed by atoms with E-state index in [2.05, 4.69) is 37.5 Å². The molecule has 7 nitrogen and oxygen atoms in total. The molecule has 2 atom stereocenters. The van der Waals surface area contributed by atoms with Crippen molar-refractivity contribution in [3.05, 3.63) is 40.3 Å². The van der Waals surface area contributed by atoms with Crippen LogP contribution in [-0.2, 0) is 27.2 Å². The first-order chi connectivity index (χ1) is 16.5. The number of thiophene rings is 1. The summed E-state index contributed by atoms with van der Waals surface area (Å²) >= 11 is 2.87. The number of carboxylic acid groups (broad SMARTS) is 1. The molecule has 1 aromatic heterocycles. The fraction of sp³-hybridized carbons (Fsp3) is 0.462. The maximum absolute atomic E-state index is 13.0. The molecule has 0 aliphatic heterocycles. The lowest BCUT2D eigenvalue weighted by Gasteiger charge is -2.33. The largest absolute Gasteiger partial charge is 0.481 e. The van der Waals surface area contributed by atoms with Gasteiger partial charge in [-0.3, -0.25) is 14.4 Å². The summed E-state index contributed by atoms with van der Waals surface area (Å²) in [7, 11) is 0. The van der Waals surface area contributed by atoms with E-state index in [0.29, 0.717) is 22.2 Å². The van der Waals surface area contributed by atoms with Gasteiger partial charge in [0.05, 0.1) is 17.2 Å². The summed E-state index contributed by atoms with van der Waals surface area (Å²) in [6, 6.07) is 9.39. The number of nitrogens with one attached hydrogen (secondary N) is 2. The minimum atomic E-state index is -1.02. The van der Waals surface area contributed by atoms with Gasteiger partial charge in [0.15, 0.2) is 0 Å². The second kappa shape index (κ2) is 11.3. The van der Waals surface area contributed by atoms with E-state index in [-0.39, 0.29) is 30.1 Å². The molecule has 0 saturated heterocycles. The van der Waals surface area contributed by atoms with Crippen LogP contribution in [0, 0.1) is 22.7 Å². The molecule has 3 rings (SSSR count). The molecule has 35 heavy (non-hydrogen) atoms. The summed E-state index contributed by atoms with van der Waals surface area (Å²) in [5.41, 5.74) is 2.42. The maximum Gasteiger partial charge on any atom is 0.303 e. The van der Waals surface area contributed by atoms with Gasteiger partial charge in [0.2, 0.25) is 11.8 Å². The van der Waals surface area contributed by atoms with Crippen molar-refractivity contribution in [3.8, 4) is 6.07 Å². The highest BCUT2D eigenvalue weighted by molar-refractivity contribution is 8.00. The fourth-order valence-electron chi connectivity index (χ4n) is 4.09. The van der Waals surface area contributed by atoms with Gasteiger partial charge in [0.1, 0.15) is 11.1 Å². The molecule has 1 aromatic carbocycles. The van der Waals surface area contributed by atoms with E-state index in [1.807, 2.05) is 6.07 Å². The van der Waals surface area contributed by atoms with Gasteiger partial charge in [-0.05, 0) is 61.3 Å². The number of thioether (sulfide) groups is 1. The van der Waals surface area contributed by atoms with Gasteiger partial charge in [-0.25, -0.2) is 0 Å². The summed E-state index contributed by atoms with van der Waals surface area (Å²) in [6.45, 7) is 8.55. The third-order valence-electron chi connectivity index (χ3n) is 6.20. The zero-order chi connectivity index (χ0) is 25.8. The van der Waals surface area contributed by atoms with Crippen LogP contribution in [0.2, 0.25) is 0 Å². The summed E-state index contributed by atoms with van der Waals surface area (Å²) < 4.78 is 0. The van der Waals surface area contributed by atoms with Gasteiger partial charge < -0.3 is 15.7 Å². The van der Waals surface area contributed by atoms with Crippen LogP contribution in [0.15, 0.2) is 29.2 Å². The van der Waals surface area contributed by atoms with E-state index in [4.69, 9.17) is 5.11 Å². The number of carbonyl (C=O) groups excluding carboxylic acids is 2. The predicted molar refractivity (Wildman–Crippen MR) is 140 cm³/mol. The number of carbonyl (C=O) groups is 3. The number of nitrogens with zero attached hydrogens (tertiary/aromatic N) is 1. The van der Waals surface area contributed by atoms with Gasteiger partial charge in [0, 0.05) is 21.9 Å². The molecule has 2 aromatic rings. The highest BCUT2D eigenvalue weighted by Crippen LogP contribution is 2.44. The number of carboxylic acids is 1. The van der Waals surface area contributed by atoms with Crippen molar-refractivity contribution >= 4 is 51.6 Å². The van der Waals surface area contributed by atoms with E-state index < -0.39 is 11.2 Å². The number of aliphatic carboxylic acids is 1. The number of anilines is 2. The van der Waals surface area contributed by atoms with Gasteiger partial charge in [-0.15, -0.1) is 23.1 Å². The van der Waals surface area contributed by atoms with E-state index in [9.17, 15) is 19.6 Å². The molecule has 1 heterocycles. The van der Waals surface area contributed by atoms with Gasteiger partial charge >= 0.3 is 5.97 Å². The molecule has 2 unspecified atom stereocenters. The predicted octanol–water partition coefficient (Wildman–Crippen LogP) is 5.69. The second-order valence-electron chi connectivity index (χ2n) is 9.84. The Hall–Kier alpha value is -2.83. The van der Waals surface area contributed by atoms with Crippen LogP contribution in [0.25, 0.3) is 0 Å². The van der Waals surface area contributed by atoms with Crippen LogP contribution >= 0.6 is 23.1 Å². The number of hydrogen-bond acceptors (Lipinski definition) is 6. The number of fused-ring (bicyclic) bond motifs is 1. The zero-order valence-corrected chi connectivity index (χ0v) is 22.1. The zero-order valence-electron chi connectivity index (χ0n) is 20.4. The molecule has 0 radical (unpaired) electrons. The Kier molecular flexibility index (Phi) is 8.62. The van der Waals surface area contributed by atoms with Gasteiger partial charge in [0.25, 0.3) is 0 Å². The lowest BCUT2D eigenvalue weighted by atomic mass is 9.72. The molecular weight excluding hydrogens is 482 g/mol. The average molecular weight is 514 g/mol. The Morgan fingerprint density at radius 2 is 2.00 bits per heavy atom. The van der Waals surface area contributed by atoms with E-state index in [1.165, 1.54) is 28.0 Å². The Labute approximate surface area is 214 Å². The van der Waals surface area contributed by atoms with E-state index in [1.54, 1.807) is 25.1 Å². The second-order valence-corrected chi connectivity index (χ2v) is 12.4. The molecule has 1 aliphatic carbocycles. The van der Waals surface area contributed by atoms with Crippen molar-refractivity contribution in [1.29, 1.82) is 5.26 Å². The highest BCUT2D eigenvalue weighted by Gasteiger charge is 2.32. The number of amides is 2. The number of benzene rings is 1. The summed E-state index contributed by atoms with van der Waals surface area (Å²) in [5.74, 6) is -1.03. The molecular formula is C26H31N3O4S2. The van der Waals surface area contributed by atoms with Crippen LogP contribution in [0.4, 0.5) is 10.7 Å². The summed E-state index contributed by atoms with van der Waals surface area (Å²) in [5, 5.41) is 24.4. The average Bonchev–Trinajstić information content (AvgIpc) is 3.13. The minimum absolute atomic E-state index is 0.103. The standard InChI is InChI=1S/C26H31N3O4S2/c1-15(34-18-7-5-6-17(13-18)28-22(30)10-11-23(31)32)24(33)29-25-20(14-27)19-9-8-16(26(2,3)4)12-21(19)35-25/h5-7,13,15-16H,8-12H2,1-4H3,(H,28,30)(H,29,33)(H,31,32). The fourth-order valence-corrected chi connectivity index (χ4v) is 6.30. The van der Waals surface area contributed by atoms with Crippen LogP contribution in [0.5, 0.6) is 0 Å². The normalized spacial score (nSPS) is 16.0. The SMILES string of the molecule is CC(Sc1cccc(NC(=O)CCC(=O)O)c1)C(=O)Nc1sc2c(c1C#N)CCC(C(C)(C)C)C2. The molecule has 9 heteroatoms. The molecule has 0 spiro atoms. The monoisotopic (exact) mass is 513 g/mol. The maximum atomic E-state index is 13.0. The van der Waals surface area contributed by atoms with Crippen molar-refractivity contribution in [1.82, 2.24) is 0 Å². The van der Waals surface area contributed by atoms with Gasteiger partial charge in [-0.2, -0.15) is 5.26 Å². The van der Waals surface area contributed by atoms with Crippen LogP contribution in [0.1, 0.15) is 63.0 Å². The topological polar surface area (TPSA) is 119 Å². The molecule has 0 saturated carbocycles. The molecule has 3 N–H and O–H groups in total. The molecule has 0 fully saturated rings. The third kappa shape index (κ3) is 7.09. The van der Waals surface area contributed by atoms with E-state index in [0.717, 1.165) is 29.7 Å². The van der Waals surface area contributed by atoms with Crippen molar-refractivity contribution in [2.24, 2.45) is 11.3 Å². The molecule has 186 valence electrons. The smallest absolute Gasteiger partial charge is 0.303 e. The van der Waals surface area contributed by atoms with Crippen molar-refractivity contribution < 1.29 is 19.5 Å². The Balaban J connectivity index is 1.65.